The largest absolute Gasteiger partial charge is 0.480 e. The smallest absolute Gasteiger partial charge is 0.324 e. The number of anilines is 1. The second-order valence-corrected chi connectivity index (χ2v) is 8.61. The van der Waals surface area contributed by atoms with Crippen molar-refractivity contribution in [2.45, 2.75) is 16.7 Å². The van der Waals surface area contributed by atoms with Crippen molar-refractivity contribution >= 4 is 49.4 Å². The predicted molar refractivity (Wildman–Crippen MR) is 99.3 cm³/mol. The number of hydrogen-bond acceptors (Lipinski definition) is 4. The first-order valence-electron chi connectivity index (χ1n) is 6.90. The summed E-state index contributed by atoms with van der Waals surface area (Å²) in [6.07, 6.45) is 1.89. The first-order chi connectivity index (χ1) is 11.3. The minimum Gasteiger partial charge on any atom is -0.480 e. The minimum absolute atomic E-state index is 0.0575. The molecule has 1 N–H and O–H groups in total. The molecule has 0 amide bonds. The molecule has 0 heterocycles. The lowest BCUT2D eigenvalue weighted by Crippen LogP contribution is -2.35. The molecule has 0 bridgehead atoms. The van der Waals surface area contributed by atoms with Crippen molar-refractivity contribution in [1.29, 1.82) is 0 Å². The molecule has 2 aromatic rings. The summed E-state index contributed by atoms with van der Waals surface area (Å²) in [6, 6.07) is 11.3. The highest BCUT2D eigenvalue weighted by molar-refractivity contribution is 9.10. The Morgan fingerprint density at radius 1 is 1.21 bits per heavy atom. The summed E-state index contributed by atoms with van der Waals surface area (Å²) in [5.74, 6) is -1.22. The van der Waals surface area contributed by atoms with E-state index in [1.54, 1.807) is 30.3 Å². The van der Waals surface area contributed by atoms with Crippen LogP contribution in [0.2, 0.25) is 0 Å². The van der Waals surface area contributed by atoms with Crippen molar-refractivity contribution < 1.29 is 18.3 Å². The van der Waals surface area contributed by atoms with Gasteiger partial charge in [-0.05, 0) is 61.2 Å². The number of rotatable bonds is 6. The van der Waals surface area contributed by atoms with Crippen LogP contribution < -0.4 is 4.31 Å². The number of thioether (sulfide) groups is 1. The molecule has 2 aromatic carbocycles. The van der Waals surface area contributed by atoms with E-state index >= 15 is 0 Å². The average molecular weight is 430 g/mol. The minimum atomic E-state index is -3.98. The zero-order chi connectivity index (χ0) is 17.9. The van der Waals surface area contributed by atoms with Crippen LogP contribution in [-0.4, -0.2) is 32.3 Å². The van der Waals surface area contributed by atoms with Crippen LogP contribution in [0.1, 0.15) is 5.56 Å². The third-order valence-electron chi connectivity index (χ3n) is 3.36. The number of sulfonamides is 1. The van der Waals surface area contributed by atoms with Crippen LogP contribution in [0.25, 0.3) is 0 Å². The van der Waals surface area contributed by atoms with Crippen molar-refractivity contribution in [3.63, 3.8) is 0 Å². The molecule has 0 radical (unpaired) electrons. The summed E-state index contributed by atoms with van der Waals surface area (Å²) < 4.78 is 27.5. The van der Waals surface area contributed by atoms with E-state index in [4.69, 9.17) is 5.11 Å². The normalized spacial score (nSPS) is 11.3. The van der Waals surface area contributed by atoms with Gasteiger partial charge >= 0.3 is 5.97 Å². The number of hydrogen-bond donors (Lipinski definition) is 1. The zero-order valence-electron chi connectivity index (χ0n) is 13.1. The fourth-order valence-electron chi connectivity index (χ4n) is 2.10. The number of aryl methyl sites for hydroxylation is 1. The topological polar surface area (TPSA) is 74.7 Å². The van der Waals surface area contributed by atoms with Gasteiger partial charge in [-0.3, -0.25) is 9.10 Å². The Labute approximate surface area is 153 Å². The summed E-state index contributed by atoms with van der Waals surface area (Å²) in [5, 5.41) is 9.14. The quantitative estimate of drug-likeness (QED) is 0.707. The fraction of sp³-hybridized carbons (Fsp3) is 0.188. The predicted octanol–water partition coefficient (Wildman–Crippen LogP) is 3.76. The maximum atomic E-state index is 12.9. The molecule has 128 valence electrons. The number of carboxylic acids is 1. The van der Waals surface area contributed by atoms with Crippen LogP contribution in [0.4, 0.5) is 5.69 Å². The Hall–Kier alpha value is -1.51. The lowest BCUT2D eigenvalue weighted by Gasteiger charge is -2.23. The summed E-state index contributed by atoms with van der Waals surface area (Å²) in [5.41, 5.74) is 1.13. The number of carbonyl (C=O) groups is 1. The number of benzene rings is 2. The molecule has 24 heavy (non-hydrogen) atoms. The van der Waals surface area contributed by atoms with E-state index in [1.807, 2.05) is 13.2 Å². The van der Waals surface area contributed by atoms with E-state index in [0.29, 0.717) is 5.69 Å². The molecule has 0 atom stereocenters. The zero-order valence-corrected chi connectivity index (χ0v) is 16.3. The molecule has 0 aromatic heterocycles. The van der Waals surface area contributed by atoms with Gasteiger partial charge in [0.2, 0.25) is 0 Å². The third kappa shape index (κ3) is 4.12. The maximum absolute atomic E-state index is 12.9. The molecule has 8 heteroatoms. The Morgan fingerprint density at radius 2 is 1.83 bits per heavy atom. The van der Waals surface area contributed by atoms with Crippen LogP contribution in [0.3, 0.4) is 0 Å². The molecule has 0 fully saturated rings. The van der Waals surface area contributed by atoms with Crippen LogP contribution in [0.5, 0.6) is 0 Å². The van der Waals surface area contributed by atoms with Gasteiger partial charge in [0.1, 0.15) is 6.54 Å². The number of carboxylic acid groups (broad SMARTS) is 1. The highest BCUT2D eigenvalue weighted by atomic mass is 79.9. The van der Waals surface area contributed by atoms with E-state index in [-0.39, 0.29) is 4.90 Å². The Bertz CT molecular complexity index is 851. The second-order valence-electron chi connectivity index (χ2n) is 5.01. The SMILES string of the molecule is CSc1ccc(S(=O)(=O)N(CC(=O)O)c2ccc(Br)c(C)c2)cc1. The van der Waals surface area contributed by atoms with Gasteiger partial charge < -0.3 is 5.11 Å². The highest BCUT2D eigenvalue weighted by Crippen LogP contribution is 2.28. The van der Waals surface area contributed by atoms with E-state index in [9.17, 15) is 13.2 Å². The van der Waals surface area contributed by atoms with Crippen molar-refractivity contribution in [3.8, 4) is 0 Å². The van der Waals surface area contributed by atoms with Gasteiger partial charge in [-0.15, -0.1) is 11.8 Å². The molecule has 5 nitrogen and oxygen atoms in total. The summed E-state index contributed by atoms with van der Waals surface area (Å²) in [6.45, 7) is 1.17. The van der Waals surface area contributed by atoms with Gasteiger partial charge in [0.05, 0.1) is 10.6 Å². The third-order valence-corrected chi connectivity index (χ3v) is 6.78. The lowest BCUT2D eigenvalue weighted by atomic mass is 10.2. The van der Waals surface area contributed by atoms with Gasteiger partial charge in [-0.25, -0.2) is 8.42 Å². The monoisotopic (exact) mass is 429 g/mol. The number of nitrogens with zero attached hydrogens (tertiary/aromatic N) is 1. The maximum Gasteiger partial charge on any atom is 0.324 e. The molecule has 0 unspecified atom stereocenters. The summed E-state index contributed by atoms with van der Waals surface area (Å²) >= 11 is 4.85. The molecular weight excluding hydrogens is 414 g/mol. The Morgan fingerprint density at radius 3 is 2.33 bits per heavy atom. The van der Waals surface area contributed by atoms with E-state index in [1.165, 1.54) is 23.9 Å². The second kappa shape index (κ2) is 7.58. The first kappa shape index (κ1) is 18.8. The van der Waals surface area contributed by atoms with E-state index in [0.717, 1.165) is 19.2 Å². The van der Waals surface area contributed by atoms with Crippen LogP contribution in [0.15, 0.2) is 56.7 Å². The van der Waals surface area contributed by atoms with Gasteiger partial charge in [0.25, 0.3) is 10.0 Å². The van der Waals surface area contributed by atoms with Crippen molar-refractivity contribution in [2.75, 3.05) is 17.1 Å². The molecule has 0 aliphatic carbocycles. The molecular formula is C16H16BrNO4S2. The van der Waals surface area contributed by atoms with E-state index < -0.39 is 22.5 Å². The molecule has 0 saturated heterocycles. The molecule has 2 rings (SSSR count). The van der Waals surface area contributed by atoms with Gasteiger partial charge in [-0.1, -0.05) is 15.9 Å². The Kier molecular flexibility index (Phi) is 5.95. The molecule has 0 spiro atoms. The molecule has 0 aliphatic heterocycles. The summed E-state index contributed by atoms with van der Waals surface area (Å²) in [4.78, 5) is 12.2. The molecule has 0 aliphatic rings. The van der Waals surface area contributed by atoms with Crippen molar-refractivity contribution in [2.24, 2.45) is 0 Å². The van der Waals surface area contributed by atoms with Crippen LogP contribution in [0, 0.1) is 6.92 Å². The van der Waals surface area contributed by atoms with Gasteiger partial charge in [-0.2, -0.15) is 0 Å². The standard InChI is InChI=1S/C16H16BrNO4S2/c1-11-9-12(3-8-15(11)17)18(10-16(19)20)24(21,22)14-6-4-13(23-2)5-7-14/h3-9H,10H2,1-2H3,(H,19,20). The first-order valence-corrected chi connectivity index (χ1v) is 10.4. The number of halogens is 1. The van der Waals surface area contributed by atoms with Gasteiger partial charge in [0.15, 0.2) is 0 Å². The fourth-order valence-corrected chi connectivity index (χ4v) is 4.16. The van der Waals surface area contributed by atoms with E-state index in [2.05, 4.69) is 15.9 Å². The van der Waals surface area contributed by atoms with Crippen LogP contribution >= 0.6 is 27.7 Å². The Balaban J connectivity index is 2.52. The summed E-state index contributed by atoms with van der Waals surface area (Å²) in [7, 11) is -3.98. The highest BCUT2D eigenvalue weighted by Gasteiger charge is 2.27. The lowest BCUT2D eigenvalue weighted by molar-refractivity contribution is -0.135. The molecule has 0 saturated carbocycles. The average Bonchev–Trinajstić information content (AvgIpc) is 2.55. The number of aliphatic carboxylic acids is 1. The van der Waals surface area contributed by atoms with Crippen molar-refractivity contribution in [3.05, 3.63) is 52.5 Å². The van der Waals surface area contributed by atoms with Crippen LogP contribution in [-0.2, 0) is 14.8 Å². The van der Waals surface area contributed by atoms with Gasteiger partial charge in [0, 0.05) is 9.37 Å². The van der Waals surface area contributed by atoms with Crippen molar-refractivity contribution in [1.82, 2.24) is 0 Å².